The van der Waals surface area contributed by atoms with Crippen molar-refractivity contribution in [3.05, 3.63) is 78.4 Å². The summed E-state index contributed by atoms with van der Waals surface area (Å²) in [6, 6.07) is 17.0. The van der Waals surface area contributed by atoms with Crippen molar-refractivity contribution in [2.75, 3.05) is 42.9 Å². The molecule has 0 bridgehead atoms. The molecule has 2 N–H and O–H groups in total. The number of hydrogen-bond donors (Lipinski definition) is 2. The van der Waals surface area contributed by atoms with Crippen LogP contribution in [0.25, 0.3) is 0 Å². The molecular formula is C24H28N6O2. The standard InChI is InChI=1S/C24H28N6O2/c1-2-25-24(30-15-13-29(14-16-30)22-7-3-4-12-26-22)27-18-19-8-10-20(11-9-19)28-23(31)21-6-5-17-32-21/h3-12,17H,2,13-16,18H2,1H3,(H,25,27)(H,28,31). The number of guanidine groups is 1. The zero-order valence-corrected chi connectivity index (χ0v) is 18.2. The van der Waals surface area contributed by atoms with E-state index in [1.807, 2.05) is 42.6 Å². The normalized spacial score (nSPS) is 14.3. The summed E-state index contributed by atoms with van der Waals surface area (Å²) < 4.78 is 5.12. The van der Waals surface area contributed by atoms with E-state index in [4.69, 9.17) is 9.41 Å². The highest BCUT2D eigenvalue weighted by atomic mass is 16.3. The zero-order chi connectivity index (χ0) is 22.2. The van der Waals surface area contributed by atoms with Gasteiger partial charge in [-0.2, -0.15) is 0 Å². The highest BCUT2D eigenvalue weighted by molar-refractivity contribution is 6.02. The van der Waals surface area contributed by atoms with Gasteiger partial charge in [-0.25, -0.2) is 9.98 Å². The lowest BCUT2D eigenvalue weighted by atomic mass is 10.2. The van der Waals surface area contributed by atoms with Crippen LogP contribution in [0.4, 0.5) is 11.5 Å². The number of hydrogen-bond acceptors (Lipinski definition) is 5. The molecule has 0 radical (unpaired) electrons. The van der Waals surface area contributed by atoms with Crippen molar-refractivity contribution in [3.63, 3.8) is 0 Å². The van der Waals surface area contributed by atoms with E-state index in [0.29, 0.717) is 6.54 Å². The summed E-state index contributed by atoms with van der Waals surface area (Å²) in [6.07, 6.45) is 3.32. The first-order valence-corrected chi connectivity index (χ1v) is 10.9. The monoisotopic (exact) mass is 432 g/mol. The van der Waals surface area contributed by atoms with Crippen LogP contribution < -0.4 is 15.5 Å². The largest absolute Gasteiger partial charge is 0.459 e. The molecule has 0 saturated carbocycles. The molecule has 1 aliphatic rings. The second-order valence-electron chi connectivity index (χ2n) is 7.46. The minimum Gasteiger partial charge on any atom is -0.459 e. The Kier molecular flexibility index (Phi) is 7.01. The molecule has 0 aliphatic carbocycles. The number of aliphatic imine (C=N–C) groups is 1. The molecule has 3 heterocycles. The van der Waals surface area contributed by atoms with Crippen LogP contribution >= 0.6 is 0 Å². The van der Waals surface area contributed by atoms with E-state index in [1.54, 1.807) is 12.1 Å². The number of rotatable bonds is 6. The molecule has 166 valence electrons. The summed E-state index contributed by atoms with van der Waals surface area (Å²) in [6.45, 7) is 7.06. The van der Waals surface area contributed by atoms with Crippen molar-refractivity contribution in [1.82, 2.24) is 15.2 Å². The van der Waals surface area contributed by atoms with Gasteiger partial charge in [0.1, 0.15) is 5.82 Å². The number of carbonyl (C=O) groups is 1. The number of furan rings is 1. The van der Waals surface area contributed by atoms with E-state index in [-0.39, 0.29) is 11.7 Å². The summed E-state index contributed by atoms with van der Waals surface area (Å²) >= 11 is 0. The van der Waals surface area contributed by atoms with Crippen molar-refractivity contribution in [2.45, 2.75) is 13.5 Å². The first-order valence-electron chi connectivity index (χ1n) is 10.9. The van der Waals surface area contributed by atoms with Crippen LogP contribution in [0.5, 0.6) is 0 Å². The SMILES string of the molecule is CCNC(=NCc1ccc(NC(=O)c2ccco2)cc1)N1CCN(c2ccccn2)CC1. The van der Waals surface area contributed by atoms with Crippen molar-refractivity contribution < 1.29 is 9.21 Å². The van der Waals surface area contributed by atoms with Gasteiger partial charge in [0.2, 0.25) is 0 Å². The quantitative estimate of drug-likeness (QED) is 0.460. The van der Waals surface area contributed by atoms with Crippen LogP contribution in [0, 0.1) is 0 Å². The number of aromatic nitrogens is 1. The molecule has 3 aromatic rings. The highest BCUT2D eigenvalue weighted by Gasteiger charge is 2.20. The molecule has 4 rings (SSSR count). The predicted octanol–water partition coefficient (Wildman–Crippen LogP) is 3.21. The number of nitrogens with one attached hydrogen (secondary N) is 2. The van der Waals surface area contributed by atoms with E-state index in [9.17, 15) is 4.79 Å². The minimum atomic E-state index is -0.264. The van der Waals surface area contributed by atoms with Crippen LogP contribution in [0.1, 0.15) is 23.0 Å². The average molecular weight is 433 g/mol. The van der Waals surface area contributed by atoms with Gasteiger partial charge in [-0.3, -0.25) is 4.79 Å². The molecular weight excluding hydrogens is 404 g/mol. The average Bonchev–Trinajstić information content (AvgIpc) is 3.39. The molecule has 8 nitrogen and oxygen atoms in total. The van der Waals surface area contributed by atoms with Crippen molar-refractivity contribution in [3.8, 4) is 0 Å². The molecule has 1 aromatic carbocycles. The first-order chi connectivity index (χ1) is 15.7. The maximum atomic E-state index is 12.1. The molecule has 1 saturated heterocycles. The number of amides is 1. The fourth-order valence-corrected chi connectivity index (χ4v) is 3.57. The molecule has 0 spiro atoms. The Bertz CT molecular complexity index is 1010. The molecule has 1 aliphatic heterocycles. The molecule has 0 atom stereocenters. The predicted molar refractivity (Wildman–Crippen MR) is 126 cm³/mol. The first kappa shape index (κ1) is 21.4. The fraction of sp³-hybridized carbons (Fsp3) is 0.292. The van der Waals surface area contributed by atoms with Gasteiger partial charge in [-0.05, 0) is 48.9 Å². The van der Waals surface area contributed by atoms with Crippen LogP contribution in [-0.4, -0.2) is 54.5 Å². The van der Waals surface area contributed by atoms with Gasteiger partial charge in [0.15, 0.2) is 11.7 Å². The summed E-state index contributed by atoms with van der Waals surface area (Å²) in [5, 5.41) is 6.23. The highest BCUT2D eigenvalue weighted by Crippen LogP contribution is 2.14. The van der Waals surface area contributed by atoms with Gasteiger partial charge in [0.05, 0.1) is 12.8 Å². The molecule has 1 fully saturated rings. The van der Waals surface area contributed by atoms with E-state index in [1.165, 1.54) is 6.26 Å². The lowest BCUT2D eigenvalue weighted by Gasteiger charge is -2.37. The Labute approximate surface area is 188 Å². The lowest BCUT2D eigenvalue weighted by Crippen LogP contribution is -2.52. The van der Waals surface area contributed by atoms with E-state index in [2.05, 4.69) is 38.4 Å². The van der Waals surface area contributed by atoms with Crippen molar-refractivity contribution in [1.29, 1.82) is 0 Å². The topological polar surface area (TPSA) is 86.0 Å². The Balaban J connectivity index is 1.33. The third-order valence-electron chi connectivity index (χ3n) is 5.26. The molecule has 0 unspecified atom stereocenters. The summed E-state index contributed by atoms with van der Waals surface area (Å²) in [5.74, 6) is 1.97. The van der Waals surface area contributed by atoms with Crippen molar-refractivity contribution >= 4 is 23.4 Å². The fourth-order valence-electron chi connectivity index (χ4n) is 3.57. The van der Waals surface area contributed by atoms with E-state index in [0.717, 1.165) is 55.8 Å². The van der Waals surface area contributed by atoms with Gasteiger partial charge in [0, 0.05) is 44.6 Å². The van der Waals surface area contributed by atoms with Crippen LogP contribution in [0.3, 0.4) is 0 Å². The minimum absolute atomic E-state index is 0.264. The van der Waals surface area contributed by atoms with Crippen LogP contribution in [0.2, 0.25) is 0 Å². The Morgan fingerprint density at radius 3 is 2.53 bits per heavy atom. The number of carbonyl (C=O) groups excluding carboxylic acids is 1. The third-order valence-corrected chi connectivity index (χ3v) is 5.26. The van der Waals surface area contributed by atoms with Gasteiger partial charge in [0.25, 0.3) is 5.91 Å². The molecule has 2 aromatic heterocycles. The van der Waals surface area contributed by atoms with Crippen molar-refractivity contribution in [2.24, 2.45) is 4.99 Å². The Morgan fingerprint density at radius 2 is 1.88 bits per heavy atom. The lowest BCUT2D eigenvalue weighted by molar-refractivity contribution is 0.0996. The Hall–Kier alpha value is -3.81. The third kappa shape index (κ3) is 5.46. The van der Waals surface area contributed by atoms with Gasteiger partial charge >= 0.3 is 0 Å². The number of benzene rings is 1. The molecule has 1 amide bonds. The maximum Gasteiger partial charge on any atom is 0.291 e. The zero-order valence-electron chi connectivity index (χ0n) is 18.2. The van der Waals surface area contributed by atoms with E-state index < -0.39 is 0 Å². The molecule has 8 heteroatoms. The van der Waals surface area contributed by atoms with Gasteiger partial charge in [-0.1, -0.05) is 18.2 Å². The summed E-state index contributed by atoms with van der Waals surface area (Å²) in [7, 11) is 0. The summed E-state index contributed by atoms with van der Waals surface area (Å²) in [4.78, 5) is 26.0. The smallest absolute Gasteiger partial charge is 0.291 e. The second kappa shape index (κ2) is 10.5. The maximum absolute atomic E-state index is 12.1. The number of nitrogens with zero attached hydrogens (tertiary/aromatic N) is 4. The Morgan fingerprint density at radius 1 is 1.06 bits per heavy atom. The van der Waals surface area contributed by atoms with Gasteiger partial charge in [-0.15, -0.1) is 0 Å². The molecule has 32 heavy (non-hydrogen) atoms. The van der Waals surface area contributed by atoms with Crippen LogP contribution in [-0.2, 0) is 6.54 Å². The number of pyridine rings is 1. The summed E-state index contributed by atoms with van der Waals surface area (Å²) in [5.41, 5.74) is 1.79. The number of anilines is 2. The number of piperazine rings is 1. The second-order valence-corrected chi connectivity index (χ2v) is 7.46. The van der Waals surface area contributed by atoms with E-state index >= 15 is 0 Å². The van der Waals surface area contributed by atoms with Gasteiger partial charge < -0.3 is 24.9 Å². The van der Waals surface area contributed by atoms with Crippen LogP contribution in [0.15, 0.2) is 76.5 Å².